The summed E-state index contributed by atoms with van der Waals surface area (Å²) in [6.45, 7) is 0. The molecular weight excluding hydrogens is 952 g/mol. The number of fused-ring (bicyclic) bond motifs is 2. The van der Waals surface area contributed by atoms with Gasteiger partial charge in [0.25, 0.3) is 26.1 Å². The first kappa shape index (κ1) is 54.3. The molecule has 66 heavy (non-hydrogen) atoms. The van der Waals surface area contributed by atoms with Crippen LogP contribution in [0.2, 0.25) is 0 Å². The van der Waals surface area contributed by atoms with Crippen LogP contribution < -0.4 is 114 Å². The molecule has 0 radical (unpaired) electrons. The number of carbonyl (C=O) groups is 1. The minimum absolute atomic E-state index is 0. The molecule has 322 valence electrons. The summed E-state index contributed by atoms with van der Waals surface area (Å²) in [5.74, 6) is -2.51. The fraction of sp³-hybridized carbons (Fsp3) is 0.0488. The topological polar surface area (TPSA) is 309 Å². The van der Waals surface area contributed by atoms with Crippen LogP contribution in [0.4, 0.5) is 28.4 Å². The molecule has 0 unspecified atom stereocenters. The molecule has 0 spiro atoms. The Morgan fingerprint density at radius 3 is 1.59 bits per heavy atom. The van der Waals surface area contributed by atoms with E-state index in [4.69, 9.17) is 9.47 Å². The number of amides is 1. The molecule has 0 aliphatic carbocycles. The Bertz CT molecular complexity index is 3440. The maximum atomic E-state index is 13.6. The van der Waals surface area contributed by atoms with Crippen molar-refractivity contribution in [1.29, 1.82) is 0 Å². The van der Waals surface area contributed by atoms with E-state index in [0.717, 1.165) is 24.3 Å². The van der Waals surface area contributed by atoms with Crippen LogP contribution in [0.5, 0.6) is 23.0 Å². The normalized spacial score (nSPS) is 11.8. The van der Waals surface area contributed by atoms with Gasteiger partial charge in [-0.25, -0.2) is 8.42 Å². The number of rotatable bonds is 12. The number of carbonyl (C=O) groups excluding carboxylic acids is 1. The first-order valence-electron chi connectivity index (χ1n) is 17.8. The molecule has 0 bridgehead atoms. The predicted molar refractivity (Wildman–Crippen MR) is 222 cm³/mol. The van der Waals surface area contributed by atoms with Gasteiger partial charge in [-0.3, -0.25) is 13.9 Å². The van der Waals surface area contributed by atoms with Crippen molar-refractivity contribution in [2.24, 2.45) is 20.5 Å². The minimum Gasteiger partial charge on any atom is -0.871 e. The Morgan fingerprint density at radius 2 is 1.09 bits per heavy atom. The van der Waals surface area contributed by atoms with E-state index in [1.807, 2.05) is 0 Å². The summed E-state index contributed by atoms with van der Waals surface area (Å²) in [6.07, 6.45) is 0. The van der Waals surface area contributed by atoms with Gasteiger partial charge in [-0.2, -0.15) is 16.8 Å². The van der Waals surface area contributed by atoms with Crippen LogP contribution in [-0.2, 0) is 30.4 Å². The summed E-state index contributed by atoms with van der Waals surface area (Å²) in [5.41, 5.74) is -0.141. The molecule has 3 N–H and O–H groups in total. The molecule has 7 rings (SSSR count). The smallest absolute Gasteiger partial charge is 0.871 e. The van der Waals surface area contributed by atoms with Gasteiger partial charge in [0.2, 0.25) is 0 Å². The van der Waals surface area contributed by atoms with E-state index in [1.165, 1.54) is 68.8 Å². The fourth-order valence-electron chi connectivity index (χ4n) is 6.44. The van der Waals surface area contributed by atoms with Gasteiger partial charge in [0.15, 0.2) is 0 Å². The van der Waals surface area contributed by atoms with Crippen molar-refractivity contribution in [2.75, 3.05) is 19.5 Å². The van der Waals surface area contributed by atoms with Crippen molar-refractivity contribution >= 4 is 86.2 Å². The van der Waals surface area contributed by atoms with Crippen LogP contribution >= 0.6 is 0 Å². The molecule has 19 nitrogen and oxygen atoms in total. The van der Waals surface area contributed by atoms with Gasteiger partial charge in [-0.15, -0.1) is 20.5 Å². The number of azo groups is 2. The Morgan fingerprint density at radius 1 is 0.576 bits per heavy atom. The van der Waals surface area contributed by atoms with Crippen molar-refractivity contribution in [3.8, 4) is 34.1 Å². The number of ether oxygens (including phenoxy) is 2. The molecule has 0 fully saturated rings. The van der Waals surface area contributed by atoms with Gasteiger partial charge in [-0.1, -0.05) is 60.0 Å². The van der Waals surface area contributed by atoms with Crippen LogP contribution in [0.3, 0.4) is 0 Å². The van der Waals surface area contributed by atoms with E-state index in [2.05, 4.69) is 25.8 Å². The molecule has 0 aliphatic rings. The minimum atomic E-state index is -5.20. The van der Waals surface area contributed by atoms with Crippen molar-refractivity contribution < 1.29 is 152 Å². The second kappa shape index (κ2) is 21.7. The number of nitrogens with one attached hydrogen (secondary N) is 1. The van der Waals surface area contributed by atoms with Gasteiger partial charge in [0.1, 0.15) is 42.8 Å². The monoisotopic (exact) mass is 979 g/mol. The zero-order valence-electron chi connectivity index (χ0n) is 35.3. The second-order valence-electron chi connectivity index (χ2n) is 13.3. The van der Waals surface area contributed by atoms with Crippen LogP contribution in [-0.4, -0.2) is 59.0 Å². The van der Waals surface area contributed by atoms with Gasteiger partial charge < -0.3 is 29.6 Å². The molecule has 25 heteroatoms. The van der Waals surface area contributed by atoms with Crippen molar-refractivity contribution in [3.63, 3.8) is 0 Å². The number of methoxy groups -OCH3 is 2. The Balaban J connectivity index is 0.00000317. The van der Waals surface area contributed by atoms with Crippen molar-refractivity contribution in [1.82, 2.24) is 0 Å². The van der Waals surface area contributed by atoms with Crippen LogP contribution in [0.25, 0.3) is 32.7 Å². The van der Waals surface area contributed by atoms with Crippen molar-refractivity contribution in [3.05, 3.63) is 121 Å². The van der Waals surface area contributed by atoms with Gasteiger partial charge in [0.05, 0.1) is 30.5 Å². The summed E-state index contributed by atoms with van der Waals surface area (Å²) in [6, 6.07) is 26.3. The first-order chi connectivity index (χ1) is 29.8. The van der Waals surface area contributed by atoms with Crippen LogP contribution in [0, 0.1) is 0 Å². The summed E-state index contributed by atoms with van der Waals surface area (Å²) in [4.78, 5) is 9.92. The van der Waals surface area contributed by atoms with E-state index in [-0.39, 0.29) is 133 Å². The van der Waals surface area contributed by atoms with Crippen molar-refractivity contribution in [2.45, 2.75) is 14.7 Å². The first-order valence-corrected chi connectivity index (χ1v) is 22.1. The molecule has 0 saturated carbocycles. The second-order valence-corrected chi connectivity index (χ2v) is 17.4. The predicted octanol–water partition coefficient (Wildman–Crippen LogP) is -1.68. The molecule has 1 amide bonds. The molecule has 0 aromatic heterocycles. The van der Waals surface area contributed by atoms with E-state index in [1.54, 1.807) is 36.4 Å². The summed E-state index contributed by atoms with van der Waals surface area (Å²) >= 11 is 0. The Labute approximate surface area is 443 Å². The molecular formula is C41H28N5Na3O14S3. The molecule has 0 atom stereocenters. The zero-order chi connectivity index (χ0) is 45.4. The molecule has 7 aromatic rings. The largest absolute Gasteiger partial charge is 1.00 e. The number of benzene rings is 7. The number of anilines is 1. The van der Waals surface area contributed by atoms with E-state index in [0.29, 0.717) is 16.7 Å². The average molecular weight is 980 g/mol. The number of hydrogen-bond acceptors (Lipinski definition) is 16. The fourth-order valence-corrected chi connectivity index (χ4v) is 8.45. The summed E-state index contributed by atoms with van der Waals surface area (Å²) < 4.78 is 116. The van der Waals surface area contributed by atoms with E-state index < -0.39 is 79.2 Å². The van der Waals surface area contributed by atoms with Gasteiger partial charge in [-0.05, 0) is 99.4 Å². The maximum absolute atomic E-state index is 13.6. The standard InChI is InChI=1S/C41H31N5O14S3.3Na/c1-59-31-18-23(24-12-16-30(32(19-24)60-2)44-46-38-34(62(53,54)55)20-25-9-6-10-33(61(50,51)52)36(25)40(38)48)11-15-29(31)43-45-37-35(63(56,57)58)21-26-17-27(13-14-28(26)39(37)47)42-41(49)22-7-4-3-5-8-22;;;/h3-21,47-48H,1-2H3,(H,42,49)(H,50,51,52)(H,53,54,55)(H,56,57,58);;;/q;3*+1/p-3. The number of nitrogens with zero attached hydrogens (tertiary/aromatic N) is 4. The summed E-state index contributed by atoms with van der Waals surface area (Å²) in [5, 5.41) is 44.6. The number of hydrogen-bond donors (Lipinski definition) is 3. The van der Waals surface area contributed by atoms with Crippen LogP contribution in [0.1, 0.15) is 10.4 Å². The third-order valence-corrected chi connectivity index (χ3v) is 12.0. The SMILES string of the molecule is COc1cc(-c2ccc(N=Nc3c(S(=O)(=O)O)cc4cccc(S(=O)(=O)[O-])c4c3[O-])c(OC)c2)ccc1N=Nc1c(S(=O)(=O)O)cc2cc(NC(=O)c3ccccc3)ccc2c1[O-].[Na+].[Na+].[Na+]. The Hall–Kier alpha value is -4.34. The molecule has 0 aliphatic heterocycles. The van der Waals surface area contributed by atoms with Gasteiger partial charge in [0, 0.05) is 11.3 Å². The molecule has 7 aromatic carbocycles. The third kappa shape index (κ3) is 11.7. The van der Waals surface area contributed by atoms with E-state index >= 15 is 0 Å². The van der Waals surface area contributed by atoms with E-state index in [9.17, 15) is 53.9 Å². The maximum Gasteiger partial charge on any atom is 1.00 e. The Kier molecular flexibility index (Phi) is 17.9. The third-order valence-electron chi connectivity index (χ3n) is 9.38. The molecule has 0 heterocycles. The average Bonchev–Trinajstić information content (AvgIpc) is 3.24. The molecule has 0 saturated heterocycles. The van der Waals surface area contributed by atoms with Crippen LogP contribution in [0.15, 0.2) is 150 Å². The van der Waals surface area contributed by atoms with Gasteiger partial charge >= 0.3 is 88.7 Å². The quantitative estimate of drug-likeness (QED) is 0.0700. The summed E-state index contributed by atoms with van der Waals surface area (Å²) in [7, 11) is -12.8. The zero-order valence-corrected chi connectivity index (χ0v) is 43.7.